The van der Waals surface area contributed by atoms with Gasteiger partial charge in [-0.1, -0.05) is 0 Å². The molecule has 0 amide bonds. The second kappa shape index (κ2) is 8.09. The van der Waals surface area contributed by atoms with Gasteiger partial charge < -0.3 is 10.0 Å². The molecular formula is C16H23FN2O5S. The maximum absolute atomic E-state index is 14.3. The Hall–Kier alpha value is -1.74. The maximum atomic E-state index is 14.3. The number of aliphatic hydroxyl groups excluding tert-OH is 1. The summed E-state index contributed by atoms with van der Waals surface area (Å²) >= 11 is 0. The van der Waals surface area contributed by atoms with Crippen LogP contribution in [0.1, 0.15) is 38.5 Å². The fraction of sp³-hybridized carbons (Fsp3) is 0.625. The summed E-state index contributed by atoms with van der Waals surface area (Å²) in [5.41, 5.74) is -0.264. The van der Waals surface area contributed by atoms with E-state index in [0.29, 0.717) is 13.0 Å². The fourth-order valence-corrected chi connectivity index (χ4v) is 4.04. The Bertz CT molecular complexity index is 738. The Morgan fingerprint density at radius 2 is 2.08 bits per heavy atom. The van der Waals surface area contributed by atoms with Gasteiger partial charge in [-0.15, -0.1) is 0 Å². The van der Waals surface area contributed by atoms with Gasteiger partial charge in [0, 0.05) is 37.6 Å². The lowest BCUT2D eigenvalue weighted by atomic mass is 9.96. The number of piperidine rings is 1. The molecule has 25 heavy (non-hydrogen) atoms. The van der Waals surface area contributed by atoms with Crippen LogP contribution in [0.5, 0.6) is 0 Å². The molecule has 1 heterocycles. The summed E-state index contributed by atoms with van der Waals surface area (Å²) in [5, 5.41) is 20.4. The van der Waals surface area contributed by atoms with Crippen molar-refractivity contribution in [2.24, 2.45) is 0 Å². The zero-order valence-corrected chi connectivity index (χ0v) is 15.0. The van der Waals surface area contributed by atoms with Crippen molar-refractivity contribution in [1.29, 1.82) is 0 Å². The number of aliphatic hydroxyl groups is 1. The van der Waals surface area contributed by atoms with E-state index in [1.807, 2.05) is 4.90 Å². The smallest absolute Gasteiger partial charge is 0.294 e. The van der Waals surface area contributed by atoms with E-state index >= 15 is 0 Å². The van der Waals surface area contributed by atoms with Crippen molar-refractivity contribution in [3.8, 4) is 0 Å². The van der Waals surface area contributed by atoms with E-state index < -0.39 is 31.2 Å². The molecule has 140 valence electrons. The summed E-state index contributed by atoms with van der Waals surface area (Å²) in [6, 6.07) is 1.81. The second-order valence-corrected chi connectivity index (χ2v) is 8.35. The number of hydrogen-bond donors (Lipinski definition) is 1. The molecule has 1 saturated heterocycles. The molecule has 0 radical (unpaired) electrons. The van der Waals surface area contributed by atoms with E-state index in [0.717, 1.165) is 50.5 Å². The van der Waals surface area contributed by atoms with Gasteiger partial charge in [-0.2, -0.15) is 0 Å². The normalized spacial score (nSPS) is 18.4. The molecule has 0 aromatic heterocycles. The number of sulfone groups is 1. The van der Waals surface area contributed by atoms with Crippen molar-refractivity contribution in [3.05, 3.63) is 28.1 Å². The number of hydrogen-bond acceptors (Lipinski definition) is 6. The van der Waals surface area contributed by atoms with Crippen molar-refractivity contribution < 1.29 is 22.8 Å². The number of anilines is 1. The summed E-state index contributed by atoms with van der Waals surface area (Å²) < 4.78 is 37.6. The largest absolute Gasteiger partial charge is 0.396 e. The number of nitrogens with zero attached hydrogens (tertiary/aromatic N) is 2. The molecule has 2 rings (SSSR count). The van der Waals surface area contributed by atoms with E-state index in [-0.39, 0.29) is 18.3 Å². The van der Waals surface area contributed by atoms with Crippen LogP contribution in [0.15, 0.2) is 17.0 Å². The number of halogens is 1. The van der Waals surface area contributed by atoms with Gasteiger partial charge in [-0.05, 0) is 38.5 Å². The predicted molar refractivity (Wildman–Crippen MR) is 92.1 cm³/mol. The highest BCUT2D eigenvalue weighted by atomic mass is 32.2. The zero-order chi connectivity index (χ0) is 18.6. The quantitative estimate of drug-likeness (QED) is 0.447. The highest BCUT2D eigenvalue weighted by Crippen LogP contribution is 2.37. The molecule has 1 aromatic rings. The molecule has 0 spiro atoms. The molecule has 1 aliphatic heterocycles. The molecule has 0 bridgehead atoms. The van der Waals surface area contributed by atoms with E-state index in [1.165, 1.54) is 0 Å². The third-order valence-electron chi connectivity index (χ3n) is 4.51. The number of unbranched alkanes of at least 4 members (excludes halogenated alkanes) is 1. The molecule has 1 unspecified atom stereocenters. The second-order valence-electron chi connectivity index (χ2n) is 6.36. The first kappa shape index (κ1) is 19.6. The van der Waals surface area contributed by atoms with Crippen LogP contribution in [-0.2, 0) is 9.84 Å². The molecule has 1 atom stereocenters. The van der Waals surface area contributed by atoms with Gasteiger partial charge in [0.1, 0.15) is 16.4 Å². The number of nitro groups is 1. The van der Waals surface area contributed by atoms with Gasteiger partial charge in [0.05, 0.1) is 4.92 Å². The van der Waals surface area contributed by atoms with Crippen molar-refractivity contribution in [3.63, 3.8) is 0 Å². The standard InChI is InChI=1S/C16H23FN2O5S/c1-25(23,24)16-11-15(19(21)22)14(10-13(16)17)18-8-4-2-6-12(18)7-3-5-9-20/h10-12,20H,2-9H2,1H3. The van der Waals surface area contributed by atoms with Crippen LogP contribution in [-0.4, -0.2) is 43.9 Å². The van der Waals surface area contributed by atoms with Crippen LogP contribution < -0.4 is 4.90 Å². The van der Waals surface area contributed by atoms with Crippen LogP contribution in [0.2, 0.25) is 0 Å². The number of nitro benzene ring substituents is 1. The molecular weight excluding hydrogens is 351 g/mol. The molecule has 0 aliphatic carbocycles. The summed E-state index contributed by atoms with van der Waals surface area (Å²) in [6.45, 7) is 0.646. The minimum Gasteiger partial charge on any atom is -0.396 e. The van der Waals surface area contributed by atoms with Crippen LogP contribution >= 0.6 is 0 Å². The molecule has 9 heteroatoms. The average Bonchev–Trinajstić information content (AvgIpc) is 2.54. The first-order chi connectivity index (χ1) is 11.8. The van der Waals surface area contributed by atoms with E-state index in [1.54, 1.807) is 0 Å². The predicted octanol–water partition coefficient (Wildman–Crippen LogP) is 2.66. The summed E-state index contributed by atoms with van der Waals surface area (Å²) in [7, 11) is -3.89. The van der Waals surface area contributed by atoms with Gasteiger partial charge >= 0.3 is 0 Å². The van der Waals surface area contributed by atoms with Gasteiger partial charge in [0.15, 0.2) is 9.84 Å². The first-order valence-electron chi connectivity index (χ1n) is 8.31. The van der Waals surface area contributed by atoms with Crippen LogP contribution in [0.3, 0.4) is 0 Å². The van der Waals surface area contributed by atoms with Crippen molar-refractivity contribution in [2.75, 3.05) is 24.3 Å². The molecule has 1 N–H and O–H groups in total. The molecule has 7 nitrogen and oxygen atoms in total. The van der Waals surface area contributed by atoms with Crippen LogP contribution in [0, 0.1) is 15.9 Å². The fourth-order valence-electron chi connectivity index (χ4n) is 3.30. The molecule has 1 aliphatic rings. The lowest BCUT2D eigenvalue weighted by Gasteiger charge is -2.37. The monoisotopic (exact) mass is 374 g/mol. The van der Waals surface area contributed by atoms with E-state index in [2.05, 4.69) is 0 Å². The van der Waals surface area contributed by atoms with Crippen molar-refractivity contribution >= 4 is 21.2 Å². The topological polar surface area (TPSA) is 101 Å². The Morgan fingerprint density at radius 3 is 2.68 bits per heavy atom. The number of rotatable bonds is 7. The minimum absolute atomic E-state index is 0.0162. The zero-order valence-electron chi connectivity index (χ0n) is 14.1. The van der Waals surface area contributed by atoms with Crippen LogP contribution in [0.25, 0.3) is 0 Å². The SMILES string of the molecule is CS(=O)(=O)c1cc([N+](=O)[O-])c(N2CCCCC2CCCCO)cc1F. The van der Waals surface area contributed by atoms with Gasteiger partial charge in [-0.3, -0.25) is 10.1 Å². The van der Waals surface area contributed by atoms with Gasteiger partial charge in [0.2, 0.25) is 0 Å². The summed E-state index contributed by atoms with van der Waals surface area (Å²) in [6.07, 6.45) is 5.64. The lowest BCUT2D eigenvalue weighted by Crippen LogP contribution is -2.40. The van der Waals surface area contributed by atoms with Gasteiger partial charge in [-0.25, -0.2) is 12.8 Å². The summed E-state index contributed by atoms with van der Waals surface area (Å²) in [5.74, 6) is -0.970. The van der Waals surface area contributed by atoms with E-state index in [4.69, 9.17) is 5.11 Å². The van der Waals surface area contributed by atoms with Crippen molar-refractivity contribution in [1.82, 2.24) is 0 Å². The average molecular weight is 374 g/mol. The highest BCUT2D eigenvalue weighted by Gasteiger charge is 2.31. The third kappa shape index (κ3) is 4.66. The Labute approximate surface area is 146 Å². The molecule has 1 aromatic carbocycles. The number of benzene rings is 1. The third-order valence-corrected chi connectivity index (χ3v) is 5.62. The van der Waals surface area contributed by atoms with Crippen LogP contribution in [0.4, 0.5) is 15.8 Å². The minimum atomic E-state index is -3.89. The Kier molecular flexibility index (Phi) is 6.34. The molecule has 1 fully saturated rings. The van der Waals surface area contributed by atoms with Gasteiger partial charge in [0.25, 0.3) is 5.69 Å². The molecule has 0 saturated carbocycles. The Balaban J connectivity index is 2.44. The highest BCUT2D eigenvalue weighted by molar-refractivity contribution is 7.90. The summed E-state index contributed by atoms with van der Waals surface area (Å²) in [4.78, 5) is 11.9. The van der Waals surface area contributed by atoms with Crippen molar-refractivity contribution in [2.45, 2.75) is 49.5 Å². The Morgan fingerprint density at radius 1 is 1.36 bits per heavy atom. The first-order valence-corrected chi connectivity index (χ1v) is 10.2. The van der Waals surface area contributed by atoms with E-state index in [9.17, 15) is 22.9 Å². The lowest BCUT2D eigenvalue weighted by molar-refractivity contribution is -0.384. The maximum Gasteiger partial charge on any atom is 0.294 e.